The topological polar surface area (TPSA) is 162 Å². The summed E-state index contributed by atoms with van der Waals surface area (Å²) in [7, 11) is 2.07. The second kappa shape index (κ2) is 10.6. The van der Waals surface area contributed by atoms with Gasteiger partial charge in [-0.3, -0.25) is 25.2 Å². The van der Waals surface area contributed by atoms with Gasteiger partial charge in [0.15, 0.2) is 5.82 Å². The van der Waals surface area contributed by atoms with Crippen molar-refractivity contribution in [3.63, 3.8) is 0 Å². The Kier molecular flexibility index (Phi) is 6.71. The predicted molar refractivity (Wildman–Crippen MR) is 154 cm³/mol. The van der Waals surface area contributed by atoms with Crippen molar-refractivity contribution in [3.05, 3.63) is 79.0 Å². The minimum absolute atomic E-state index is 0.00924. The van der Waals surface area contributed by atoms with Gasteiger partial charge in [-0.1, -0.05) is 6.07 Å². The first-order valence-corrected chi connectivity index (χ1v) is 13.0. The van der Waals surface area contributed by atoms with Gasteiger partial charge in [0.2, 0.25) is 5.91 Å². The molecule has 6 rings (SSSR count). The van der Waals surface area contributed by atoms with E-state index in [2.05, 4.69) is 42.2 Å². The lowest BCUT2D eigenvalue weighted by Crippen LogP contribution is -2.35. The summed E-state index contributed by atoms with van der Waals surface area (Å²) >= 11 is 0. The van der Waals surface area contributed by atoms with Gasteiger partial charge in [-0.05, 0) is 51.2 Å². The van der Waals surface area contributed by atoms with E-state index in [1.807, 2.05) is 18.2 Å². The van der Waals surface area contributed by atoms with E-state index in [0.717, 1.165) is 42.6 Å². The van der Waals surface area contributed by atoms with E-state index in [1.54, 1.807) is 49.4 Å². The number of piperidine rings is 1. The second-order valence-electron chi connectivity index (χ2n) is 9.97. The first-order valence-electron chi connectivity index (χ1n) is 13.0. The van der Waals surface area contributed by atoms with Crippen LogP contribution in [0, 0.1) is 11.3 Å². The highest BCUT2D eigenvalue weighted by molar-refractivity contribution is 6.13. The van der Waals surface area contributed by atoms with Gasteiger partial charge in [0.1, 0.15) is 17.0 Å². The van der Waals surface area contributed by atoms with Crippen LogP contribution in [0.4, 0.5) is 11.5 Å². The van der Waals surface area contributed by atoms with Crippen molar-refractivity contribution >= 4 is 34.2 Å². The number of rotatable bonds is 6. The maximum absolute atomic E-state index is 12.8. The molecule has 0 spiro atoms. The van der Waals surface area contributed by atoms with Crippen LogP contribution in [0.3, 0.4) is 0 Å². The zero-order chi connectivity index (χ0) is 27.6. The SMILES string of the molecule is CN1CCC(C(=O)Nc2cncc(-c3cnc(N)c(C(=N)c4nc5c(-c6cccnc6)cncc5[nH]4)c3)c2)CC1. The molecule has 1 fully saturated rings. The second-order valence-corrected chi connectivity index (χ2v) is 9.97. The van der Waals surface area contributed by atoms with Crippen LogP contribution in [-0.2, 0) is 4.79 Å². The number of H-pyrrole nitrogens is 1. The summed E-state index contributed by atoms with van der Waals surface area (Å²) in [5.74, 6) is 0.549. The fourth-order valence-electron chi connectivity index (χ4n) is 4.93. The van der Waals surface area contributed by atoms with Crippen molar-refractivity contribution in [1.29, 1.82) is 5.41 Å². The number of aromatic amines is 1. The van der Waals surface area contributed by atoms with Crippen LogP contribution in [0.1, 0.15) is 24.2 Å². The zero-order valence-corrected chi connectivity index (χ0v) is 21.9. The lowest BCUT2D eigenvalue weighted by Gasteiger charge is -2.28. The van der Waals surface area contributed by atoms with E-state index in [0.29, 0.717) is 33.7 Å². The molecule has 0 aromatic carbocycles. The summed E-state index contributed by atoms with van der Waals surface area (Å²) < 4.78 is 0. The predicted octanol–water partition coefficient (Wildman–Crippen LogP) is 3.76. The normalized spacial score (nSPS) is 14.3. The number of nitrogens with two attached hydrogens (primary N) is 1. The summed E-state index contributed by atoms with van der Waals surface area (Å²) in [5.41, 5.74) is 11.9. The van der Waals surface area contributed by atoms with Crippen LogP contribution >= 0.6 is 0 Å². The Morgan fingerprint density at radius 2 is 1.80 bits per heavy atom. The zero-order valence-electron chi connectivity index (χ0n) is 21.9. The van der Waals surface area contributed by atoms with E-state index in [9.17, 15) is 4.79 Å². The van der Waals surface area contributed by atoms with Gasteiger partial charge in [0.25, 0.3) is 0 Å². The number of pyridine rings is 4. The number of amides is 1. The van der Waals surface area contributed by atoms with E-state index in [1.165, 1.54) is 0 Å². The number of carbonyl (C=O) groups excluding carboxylic acids is 1. The molecule has 40 heavy (non-hydrogen) atoms. The Morgan fingerprint density at radius 3 is 2.60 bits per heavy atom. The van der Waals surface area contributed by atoms with Crippen LogP contribution in [0.2, 0.25) is 0 Å². The molecule has 1 saturated heterocycles. The molecule has 200 valence electrons. The van der Waals surface area contributed by atoms with Gasteiger partial charge in [0.05, 0.1) is 23.6 Å². The molecule has 5 N–H and O–H groups in total. The quantitative estimate of drug-likeness (QED) is 0.240. The van der Waals surface area contributed by atoms with Gasteiger partial charge < -0.3 is 20.9 Å². The summed E-state index contributed by atoms with van der Waals surface area (Å²) in [5, 5.41) is 11.9. The van der Waals surface area contributed by atoms with Gasteiger partial charge >= 0.3 is 0 Å². The Bertz CT molecular complexity index is 1710. The van der Waals surface area contributed by atoms with Gasteiger partial charge in [-0.15, -0.1) is 0 Å². The van der Waals surface area contributed by atoms with Crippen LogP contribution < -0.4 is 11.1 Å². The molecular formula is C29H28N10O. The highest BCUT2D eigenvalue weighted by atomic mass is 16.1. The number of aromatic nitrogens is 6. The van der Waals surface area contributed by atoms with Crippen molar-refractivity contribution in [2.24, 2.45) is 5.92 Å². The minimum Gasteiger partial charge on any atom is -0.383 e. The Labute approximate surface area is 230 Å². The highest BCUT2D eigenvalue weighted by Crippen LogP contribution is 2.28. The molecule has 0 bridgehead atoms. The summed E-state index contributed by atoms with van der Waals surface area (Å²) in [6.45, 7) is 1.82. The van der Waals surface area contributed by atoms with E-state index < -0.39 is 0 Å². The Morgan fingerprint density at radius 1 is 1.02 bits per heavy atom. The van der Waals surface area contributed by atoms with E-state index >= 15 is 0 Å². The molecule has 0 atom stereocenters. The molecular weight excluding hydrogens is 504 g/mol. The monoisotopic (exact) mass is 532 g/mol. The van der Waals surface area contributed by atoms with Crippen molar-refractivity contribution < 1.29 is 4.79 Å². The lowest BCUT2D eigenvalue weighted by atomic mass is 9.96. The number of hydrogen-bond acceptors (Lipinski definition) is 9. The molecule has 1 aliphatic heterocycles. The number of anilines is 2. The first-order chi connectivity index (χ1) is 19.5. The third-order valence-electron chi connectivity index (χ3n) is 7.22. The summed E-state index contributed by atoms with van der Waals surface area (Å²) in [6, 6.07) is 7.43. The molecule has 0 aliphatic carbocycles. The van der Waals surface area contributed by atoms with E-state index in [-0.39, 0.29) is 23.4 Å². The minimum atomic E-state index is -0.0113. The largest absolute Gasteiger partial charge is 0.383 e. The standard InChI is InChI=1S/C29H28N10O/c1-39-7-4-17(5-8-39)29(40)36-21-9-19(12-33-14-21)20-10-22(27(31)35-13-20)25(30)28-37-24-16-34-15-23(26(24)38-28)18-3-2-6-32-11-18/h2-3,6,9-17,30H,4-5,7-8H2,1H3,(H2,31,35)(H,36,40)(H,37,38). The van der Waals surface area contributed by atoms with Gasteiger partial charge in [0, 0.05) is 64.7 Å². The van der Waals surface area contributed by atoms with Crippen LogP contribution in [0.15, 0.2) is 67.6 Å². The Hall–Kier alpha value is -5.03. The number of nitrogen functional groups attached to an aromatic ring is 1. The molecule has 11 nitrogen and oxygen atoms in total. The number of nitrogens with zero attached hydrogens (tertiary/aromatic N) is 6. The average molecular weight is 533 g/mol. The third kappa shape index (κ3) is 5.02. The molecule has 11 heteroatoms. The van der Waals surface area contributed by atoms with E-state index in [4.69, 9.17) is 16.1 Å². The fourth-order valence-corrected chi connectivity index (χ4v) is 4.93. The van der Waals surface area contributed by atoms with Gasteiger partial charge in [-0.2, -0.15) is 0 Å². The maximum atomic E-state index is 12.8. The molecule has 0 unspecified atom stereocenters. The number of imidazole rings is 1. The van der Waals surface area contributed by atoms with Crippen LogP contribution in [0.25, 0.3) is 33.3 Å². The maximum Gasteiger partial charge on any atom is 0.227 e. The lowest BCUT2D eigenvalue weighted by molar-refractivity contribution is -0.121. The van der Waals surface area contributed by atoms with Gasteiger partial charge in [-0.25, -0.2) is 9.97 Å². The fraction of sp³-hybridized carbons (Fsp3) is 0.207. The molecule has 0 radical (unpaired) electrons. The van der Waals surface area contributed by atoms with Crippen LogP contribution in [0.5, 0.6) is 0 Å². The molecule has 1 amide bonds. The third-order valence-corrected chi connectivity index (χ3v) is 7.22. The molecule has 0 saturated carbocycles. The molecule has 1 aliphatic rings. The number of likely N-dealkylation sites (tertiary alicyclic amines) is 1. The highest BCUT2D eigenvalue weighted by Gasteiger charge is 2.23. The number of fused-ring (bicyclic) bond motifs is 1. The number of hydrogen-bond donors (Lipinski definition) is 4. The average Bonchev–Trinajstić information content (AvgIpc) is 3.43. The molecule has 5 aromatic rings. The molecule has 6 heterocycles. The van der Waals surface area contributed by atoms with Crippen LogP contribution in [-0.4, -0.2) is 66.6 Å². The smallest absolute Gasteiger partial charge is 0.227 e. The van der Waals surface area contributed by atoms with Crippen molar-refractivity contribution in [2.45, 2.75) is 12.8 Å². The number of carbonyl (C=O) groups is 1. The summed E-state index contributed by atoms with van der Waals surface area (Å²) in [6.07, 6.45) is 13.5. The van der Waals surface area contributed by atoms with Crippen molar-refractivity contribution in [1.82, 2.24) is 34.8 Å². The van der Waals surface area contributed by atoms with Crippen molar-refractivity contribution in [2.75, 3.05) is 31.2 Å². The Balaban J connectivity index is 1.27. The number of nitrogens with one attached hydrogen (secondary N) is 3. The van der Waals surface area contributed by atoms with Crippen molar-refractivity contribution in [3.8, 4) is 22.3 Å². The summed E-state index contributed by atoms with van der Waals surface area (Å²) in [4.78, 5) is 40.1. The molecule has 5 aromatic heterocycles. The first kappa shape index (κ1) is 25.3.